The lowest BCUT2D eigenvalue weighted by atomic mass is 10.4. The van der Waals surface area contributed by atoms with Crippen LogP contribution in [0.1, 0.15) is 11.1 Å². The van der Waals surface area contributed by atoms with Crippen molar-refractivity contribution in [1.82, 2.24) is 20.2 Å². The highest BCUT2D eigenvalue weighted by Crippen LogP contribution is 2.18. The first-order chi connectivity index (χ1) is 5.13. The van der Waals surface area contributed by atoms with Crippen molar-refractivity contribution in [3.63, 3.8) is 0 Å². The third kappa shape index (κ3) is 1.69. The maximum absolute atomic E-state index is 10.6. The number of carbonyl (C=O) groups excluding carboxylic acids is 1. The van der Waals surface area contributed by atoms with Gasteiger partial charge in [-0.1, -0.05) is 0 Å². The van der Waals surface area contributed by atoms with Gasteiger partial charge in [0.1, 0.15) is 5.25 Å². The zero-order valence-electron chi connectivity index (χ0n) is 5.60. The van der Waals surface area contributed by atoms with Crippen LogP contribution in [-0.2, 0) is 11.8 Å². The second-order valence-corrected chi connectivity index (χ2v) is 2.76. The van der Waals surface area contributed by atoms with Crippen molar-refractivity contribution in [3.05, 3.63) is 5.82 Å². The molecule has 0 fully saturated rings. The molecule has 7 heteroatoms. The van der Waals surface area contributed by atoms with Crippen molar-refractivity contribution in [2.24, 2.45) is 7.05 Å². The van der Waals surface area contributed by atoms with E-state index in [4.69, 9.17) is 11.6 Å². The molecule has 0 N–H and O–H groups in total. The summed E-state index contributed by atoms with van der Waals surface area (Å²) in [6, 6.07) is 0. The lowest BCUT2D eigenvalue weighted by Crippen LogP contribution is -2.07. The molecule has 5 nitrogen and oxygen atoms in total. The van der Waals surface area contributed by atoms with Gasteiger partial charge >= 0.3 is 0 Å². The molecule has 0 aliphatic rings. The molecule has 1 aromatic heterocycles. The van der Waals surface area contributed by atoms with Gasteiger partial charge in [0.25, 0.3) is 0 Å². The minimum absolute atomic E-state index is 0.341. The third-order valence-electron chi connectivity index (χ3n) is 1.11. The van der Waals surface area contributed by atoms with Crippen LogP contribution < -0.4 is 0 Å². The van der Waals surface area contributed by atoms with Gasteiger partial charge in [0, 0.05) is 7.05 Å². The highest BCUT2D eigenvalue weighted by molar-refractivity contribution is 7.81. The summed E-state index contributed by atoms with van der Waals surface area (Å²) in [5, 5.41) is 9.06. The Hall–Kier alpha value is -0.620. The third-order valence-corrected chi connectivity index (χ3v) is 1.95. The Morgan fingerprint density at radius 3 is 2.82 bits per heavy atom. The van der Waals surface area contributed by atoms with Crippen LogP contribution in [0.25, 0.3) is 0 Å². The first kappa shape index (κ1) is 8.48. The van der Waals surface area contributed by atoms with Crippen molar-refractivity contribution in [1.29, 1.82) is 0 Å². The fourth-order valence-corrected chi connectivity index (χ4v) is 0.886. The molecular weight excluding hydrogens is 188 g/mol. The van der Waals surface area contributed by atoms with Crippen LogP contribution in [-0.4, -0.2) is 25.4 Å². The predicted octanol–water partition coefficient (Wildman–Crippen LogP) is -0.0536. The lowest BCUT2D eigenvalue weighted by Gasteiger charge is -2.00. The summed E-state index contributed by atoms with van der Waals surface area (Å²) >= 11 is 9.07. The maximum atomic E-state index is 10.6. The van der Waals surface area contributed by atoms with E-state index in [1.54, 1.807) is 7.05 Å². The molecule has 0 saturated heterocycles. The second kappa shape index (κ2) is 3.19. The number of aryl methyl sites for hydroxylation is 1. The van der Waals surface area contributed by atoms with Crippen LogP contribution in [0.2, 0.25) is 0 Å². The largest absolute Gasteiger partial charge is 0.280 e. The normalized spacial score (nSPS) is 13.0. The summed E-state index contributed by atoms with van der Waals surface area (Å²) in [7, 11) is 1.61. The van der Waals surface area contributed by atoms with Crippen LogP contribution in [0.15, 0.2) is 0 Å². The number of halogens is 1. The van der Waals surface area contributed by atoms with Crippen LogP contribution in [0, 0.1) is 0 Å². The Morgan fingerprint density at radius 1 is 1.82 bits per heavy atom. The van der Waals surface area contributed by atoms with Gasteiger partial charge in [-0.15, -0.1) is 5.10 Å². The average Bonchev–Trinajstić information content (AvgIpc) is 2.33. The molecule has 1 rings (SSSR count). The fraction of sp³-hybridized carbons (Fsp3) is 0.500. The van der Waals surface area contributed by atoms with Gasteiger partial charge < -0.3 is 0 Å². The van der Waals surface area contributed by atoms with Gasteiger partial charge in [-0.2, -0.15) is 12.6 Å². The van der Waals surface area contributed by atoms with E-state index < -0.39 is 10.5 Å². The smallest absolute Gasteiger partial charge is 0.242 e. The molecule has 0 saturated carbocycles. The Bertz CT molecular complexity index is 275. The number of rotatable bonds is 2. The highest BCUT2D eigenvalue weighted by atomic mass is 35.5. The molecule has 1 unspecified atom stereocenters. The van der Waals surface area contributed by atoms with E-state index in [1.165, 1.54) is 4.68 Å². The average molecular weight is 193 g/mol. The van der Waals surface area contributed by atoms with Gasteiger partial charge in [0.15, 0.2) is 5.82 Å². The minimum atomic E-state index is -0.753. The molecule has 0 bridgehead atoms. The Labute approximate surface area is 73.1 Å². The quantitative estimate of drug-likeness (QED) is 0.527. The number of aromatic nitrogens is 4. The predicted molar refractivity (Wildman–Crippen MR) is 41.4 cm³/mol. The van der Waals surface area contributed by atoms with Gasteiger partial charge in [0.2, 0.25) is 5.24 Å². The number of hydrogen-bond acceptors (Lipinski definition) is 5. The van der Waals surface area contributed by atoms with E-state index in [-0.39, 0.29) is 0 Å². The summed E-state index contributed by atoms with van der Waals surface area (Å²) in [5.74, 6) is 0.341. The van der Waals surface area contributed by atoms with Gasteiger partial charge in [0.05, 0.1) is 0 Å². The maximum Gasteiger partial charge on any atom is 0.242 e. The standard InChI is InChI=1S/C4H5ClN4OS/c1-9-4(6-7-8-9)2(11)3(5)10/h2,11H,1H3. The lowest BCUT2D eigenvalue weighted by molar-refractivity contribution is -0.111. The summed E-state index contributed by atoms with van der Waals surface area (Å²) in [4.78, 5) is 10.6. The van der Waals surface area contributed by atoms with E-state index in [2.05, 4.69) is 28.2 Å². The monoisotopic (exact) mass is 192 g/mol. The SMILES string of the molecule is Cn1nnnc1C(S)C(=O)Cl. The van der Waals surface area contributed by atoms with Crippen molar-refractivity contribution in [2.45, 2.75) is 5.25 Å². The Kier molecular flexibility index (Phi) is 2.45. The molecule has 11 heavy (non-hydrogen) atoms. The Morgan fingerprint density at radius 2 is 2.45 bits per heavy atom. The molecule has 0 spiro atoms. The van der Waals surface area contributed by atoms with Crippen molar-refractivity contribution >= 4 is 29.5 Å². The summed E-state index contributed by atoms with van der Waals surface area (Å²) in [6.07, 6.45) is 0. The van der Waals surface area contributed by atoms with Crippen LogP contribution in [0.5, 0.6) is 0 Å². The van der Waals surface area contributed by atoms with E-state index in [0.29, 0.717) is 5.82 Å². The summed E-state index contributed by atoms with van der Waals surface area (Å²) in [5.41, 5.74) is 0. The topological polar surface area (TPSA) is 60.7 Å². The van der Waals surface area contributed by atoms with Crippen molar-refractivity contribution in [2.75, 3.05) is 0 Å². The molecular formula is C4H5ClN4OS. The van der Waals surface area contributed by atoms with Gasteiger partial charge in [-0.25, -0.2) is 4.68 Å². The van der Waals surface area contributed by atoms with Crippen LogP contribution in [0.3, 0.4) is 0 Å². The number of tetrazole rings is 1. The molecule has 0 aliphatic carbocycles. The number of thiol groups is 1. The van der Waals surface area contributed by atoms with Gasteiger partial charge in [-0.05, 0) is 22.0 Å². The summed E-state index contributed by atoms with van der Waals surface area (Å²) in [6.45, 7) is 0. The zero-order valence-corrected chi connectivity index (χ0v) is 7.25. The highest BCUT2D eigenvalue weighted by Gasteiger charge is 2.19. The van der Waals surface area contributed by atoms with Crippen molar-refractivity contribution in [3.8, 4) is 0 Å². The van der Waals surface area contributed by atoms with E-state index in [0.717, 1.165) is 0 Å². The molecule has 60 valence electrons. The van der Waals surface area contributed by atoms with Crippen molar-refractivity contribution < 1.29 is 4.79 Å². The molecule has 1 aromatic rings. The number of hydrogen-bond donors (Lipinski definition) is 1. The molecule has 0 radical (unpaired) electrons. The first-order valence-corrected chi connectivity index (χ1v) is 3.62. The van der Waals surface area contributed by atoms with Crippen LogP contribution >= 0.6 is 24.2 Å². The molecule has 0 aliphatic heterocycles. The van der Waals surface area contributed by atoms with E-state index >= 15 is 0 Å². The van der Waals surface area contributed by atoms with E-state index in [1.807, 2.05) is 0 Å². The molecule has 1 atom stereocenters. The summed E-state index contributed by atoms with van der Waals surface area (Å²) < 4.78 is 1.35. The first-order valence-electron chi connectivity index (χ1n) is 2.72. The molecule has 0 amide bonds. The number of nitrogens with zero attached hydrogens (tertiary/aromatic N) is 4. The molecule has 0 aromatic carbocycles. The Balaban J connectivity index is 2.92. The van der Waals surface area contributed by atoms with E-state index in [9.17, 15) is 4.79 Å². The fourth-order valence-electron chi connectivity index (χ4n) is 0.570. The second-order valence-electron chi connectivity index (χ2n) is 1.87. The zero-order chi connectivity index (χ0) is 8.43. The van der Waals surface area contributed by atoms with Gasteiger partial charge in [-0.3, -0.25) is 4.79 Å². The number of carbonyl (C=O) groups is 1. The minimum Gasteiger partial charge on any atom is -0.280 e. The van der Waals surface area contributed by atoms with Crippen LogP contribution in [0.4, 0.5) is 0 Å². The molecule has 1 heterocycles.